The summed E-state index contributed by atoms with van der Waals surface area (Å²) in [5.41, 5.74) is 4.83. The van der Waals surface area contributed by atoms with Gasteiger partial charge >= 0.3 is 0 Å². The van der Waals surface area contributed by atoms with Crippen LogP contribution in [-0.2, 0) is 0 Å². The van der Waals surface area contributed by atoms with Crippen molar-refractivity contribution in [1.82, 2.24) is 0 Å². The molecule has 1 heterocycles. The predicted octanol–water partition coefficient (Wildman–Crippen LogP) is 2.26. The quantitative estimate of drug-likeness (QED) is 0.839. The maximum absolute atomic E-state index is 13.9. The van der Waals surface area contributed by atoms with E-state index in [9.17, 15) is 13.6 Å². The summed E-state index contributed by atoms with van der Waals surface area (Å²) >= 11 is 2.02. The van der Waals surface area contributed by atoms with E-state index in [0.717, 1.165) is 5.56 Å². The van der Waals surface area contributed by atoms with Crippen molar-refractivity contribution in [1.29, 1.82) is 0 Å². The highest BCUT2D eigenvalue weighted by Crippen LogP contribution is 2.34. The van der Waals surface area contributed by atoms with Crippen LogP contribution in [0.2, 0.25) is 0 Å². The predicted molar refractivity (Wildman–Crippen MR) is 74.6 cm³/mol. The molecule has 2 radical (unpaired) electrons. The topological polar surface area (TPSA) is 67.5 Å². The zero-order valence-corrected chi connectivity index (χ0v) is 11.9. The van der Waals surface area contributed by atoms with Crippen molar-refractivity contribution in [2.45, 2.75) is 24.6 Å². The second-order valence-corrected chi connectivity index (χ2v) is 5.31. The number of benzene rings is 1. The van der Waals surface area contributed by atoms with Gasteiger partial charge in [-0.2, -0.15) is 0 Å². The smallest absolute Gasteiger partial charge is 0.281 e. The Balaban J connectivity index is 2.23. The molecule has 0 aliphatic carbocycles. The van der Waals surface area contributed by atoms with Gasteiger partial charge in [0.05, 0.1) is 6.04 Å². The first-order valence-electron chi connectivity index (χ1n) is 6.19. The fraction of sp³-hybridized carbons (Fsp3) is 0.385. The van der Waals surface area contributed by atoms with E-state index < -0.39 is 12.3 Å². The second kappa shape index (κ2) is 5.90. The van der Waals surface area contributed by atoms with Gasteiger partial charge in [0, 0.05) is 5.69 Å². The number of nitrogens with two attached hydrogens (primary N) is 1. The van der Waals surface area contributed by atoms with Crippen LogP contribution in [0, 0.1) is 0 Å². The molecule has 1 aromatic rings. The molecule has 3 N–H and O–H groups in total. The van der Waals surface area contributed by atoms with E-state index in [1.165, 1.54) is 0 Å². The molecule has 1 unspecified atom stereocenters. The van der Waals surface area contributed by atoms with Crippen LogP contribution in [0.3, 0.4) is 0 Å². The zero-order chi connectivity index (χ0) is 14.8. The lowest BCUT2D eigenvalue weighted by atomic mass is 9.90. The van der Waals surface area contributed by atoms with Crippen molar-refractivity contribution < 1.29 is 13.6 Å². The van der Waals surface area contributed by atoms with Crippen LogP contribution in [0.15, 0.2) is 29.3 Å². The molecule has 4 nitrogen and oxygen atoms in total. The van der Waals surface area contributed by atoms with E-state index in [-0.39, 0.29) is 23.1 Å². The van der Waals surface area contributed by atoms with Gasteiger partial charge in [-0.15, -0.1) is 0 Å². The summed E-state index contributed by atoms with van der Waals surface area (Å²) in [6, 6.07) is 6.77. The molecule has 104 valence electrons. The summed E-state index contributed by atoms with van der Waals surface area (Å²) in [4.78, 5) is 15.0. The molecule has 0 spiro atoms. The van der Waals surface area contributed by atoms with Crippen molar-refractivity contribution in [3.05, 3.63) is 29.8 Å². The van der Waals surface area contributed by atoms with Crippen molar-refractivity contribution in [3.8, 4) is 0 Å². The van der Waals surface area contributed by atoms with Gasteiger partial charge in [0.25, 0.3) is 16.3 Å². The lowest BCUT2D eigenvalue weighted by Gasteiger charge is -2.29. The molecule has 2 rings (SSSR count). The third-order valence-corrected chi connectivity index (χ3v) is 3.46. The maximum atomic E-state index is 13.9. The monoisotopic (exact) mass is 293 g/mol. The Labute approximate surface area is 123 Å². The van der Waals surface area contributed by atoms with Crippen LogP contribution in [0.1, 0.15) is 24.4 Å². The van der Waals surface area contributed by atoms with Crippen LogP contribution in [0.25, 0.3) is 0 Å². The van der Waals surface area contributed by atoms with Crippen molar-refractivity contribution in [2.24, 2.45) is 10.7 Å². The Kier molecular flexibility index (Phi) is 4.41. The number of alkyl halides is 2. The van der Waals surface area contributed by atoms with E-state index in [4.69, 9.17) is 5.73 Å². The van der Waals surface area contributed by atoms with Crippen molar-refractivity contribution >= 4 is 32.6 Å². The molecule has 7 heteroatoms. The van der Waals surface area contributed by atoms with Crippen molar-refractivity contribution in [2.75, 3.05) is 12.0 Å². The minimum Gasteiger partial charge on any atom is -0.385 e. The Bertz CT molecular complexity index is 552. The van der Waals surface area contributed by atoms with Crippen LogP contribution in [0.4, 0.5) is 19.3 Å². The Hall–Kier alpha value is -1.45. The number of amidine groups is 1. The first kappa shape index (κ1) is 15.0. The highest BCUT2D eigenvalue weighted by Gasteiger charge is 2.39. The second-order valence-electron chi connectivity index (χ2n) is 4.78. The molecular formula is C13H14AlF2N3O. The Morgan fingerprint density at radius 1 is 1.60 bits per heavy atom. The summed E-state index contributed by atoms with van der Waals surface area (Å²) in [5, 5.41) is 2.63. The average Bonchev–Trinajstić information content (AvgIpc) is 2.41. The van der Waals surface area contributed by atoms with Crippen LogP contribution in [0.5, 0.6) is 0 Å². The molecule has 1 aliphatic heterocycles. The fourth-order valence-electron chi connectivity index (χ4n) is 2.18. The molecule has 0 fully saturated rings. The third kappa shape index (κ3) is 3.17. The van der Waals surface area contributed by atoms with Gasteiger partial charge in [0.1, 0.15) is 17.3 Å². The molecule has 0 bridgehead atoms. The Morgan fingerprint density at radius 3 is 2.95 bits per heavy atom. The van der Waals surface area contributed by atoms with E-state index in [0.29, 0.717) is 12.1 Å². The van der Waals surface area contributed by atoms with Gasteiger partial charge in [-0.05, 0) is 30.5 Å². The van der Waals surface area contributed by atoms with Gasteiger partial charge in [0.2, 0.25) is 0 Å². The van der Waals surface area contributed by atoms with Gasteiger partial charge in [-0.3, -0.25) is 4.99 Å². The van der Waals surface area contributed by atoms with Crippen LogP contribution in [-0.4, -0.2) is 39.2 Å². The van der Waals surface area contributed by atoms with Gasteiger partial charge in [-0.1, -0.05) is 12.1 Å². The first-order valence-corrected chi connectivity index (χ1v) is 6.77. The molecule has 2 atom stereocenters. The minimum atomic E-state index is -2.14. The number of aliphatic imine (C=N–C) groups is 1. The van der Waals surface area contributed by atoms with E-state index in [1.807, 2.05) is 22.4 Å². The van der Waals surface area contributed by atoms with Crippen molar-refractivity contribution in [3.63, 3.8) is 0 Å². The van der Waals surface area contributed by atoms with Crippen LogP contribution >= 0.6 is 0 Å². The summed E-state index contributed by atoms with van der Waals surface area (Å²) in [7, 11) is 0. The molecule has 0 aromatic heterocycles. The number of nitrogens with zero attached hydrogens (tertiary/aromatic N) is 1. The zero-order valence-electron chi connectivity index (χ0n) is 10.8. The van der Waals surface area contributed by atoms with E-state index in [2.05, 4.69) is 10.3 Å². The van der Waals surface area contributed by atoms with Gasteiger partial charge in [-0.25, -0.2) is 8.78 Å². The molecule has 1 aromatic carbocycles. The number of halogens is 2. The number of anilines is 1. The summed E-state index contributed by atoms with van der Waals surface area (Å²) in [6.07, 6.45) is 0.378. The van der Waals surface area contributed by atoms with E-state index in [1.54, 1.807) is 18.2 Å². The van der Waals surface area contributed by atoms with E-state index >= 15 is 0 Å². The van der Waals surface area contributed by atoms with Gasteiger partial charge in [0.15, 0.2) is 5.67 Å². The number of hydrogen-bond acceptors (Lipinski definition) is 3. The number of hydrogen-bond donors (Lipinski definition) is 2. The molecule has 0 saturated carbocycles. The lowest BCUT2D eigenvalue weighted by Crippen LogP contribution is -2.44. The highest BCUT2D eigenvalue weighted by molar-refractivity contribution is 6.60. The molecular weight excluding hydrogens is 279 g/mol. The normalized spacial score (nSPS) is 25.9. The summed E-state index contributed by atoms with van der Waals surface area (Å²) in [5.74, 6) is -0.295. The SMILES string of the molecule is NC1=N[C@H](c2cccc(N[C](=O)[Al])c2)CCC1(F)CF. The molecule has 1 amide bonds. The number of nitrogens with one attached hydrogen (secondary N) is 1. The highest BCUT2D eigenvalue weighted by atomic mass is 27.0. The standard InChI is InChI=1S/C13H14F2N3O.Al/c14-7-13(15)5-4-11(18-12(13)16)9-2-1-3-10(6-9)17-8-19;/h1-3,6,11H,4-5,7H2,(H2,16,18)(H,17,19);/t11-,13?;/m0./s1. The Morgan fingerprint density at radius 2 is 2.35 bits per heavy atom. The van der Waals surface area contributed by atoms with Crippen LogP contribution < -0.4 is 11.1 Å². The molecule has 1 aliphatic rings. The first-order chi connectivity index (χ1) is 9.44. The third-order valence-electron chi connectivity index (χ3n) is 3.32. The number of rotatable bonds is 3. The summed E-state index contributed by atoms with van der Waals surface area (Å²) in [6.45, 7) is -1.15. The summed E-state index contributed by atoms with van der Waals surface area (Å²) < 4.78 is 26.4. The number of carbonyl (C=O) groups excluding carboxylic acids is 1. The largest absolute Gasteiger partial charge is 0.385 e. The molecule has 0 saturated heterocycles. The fourth-order valence-corrected chi connectivity index (χ4v) is 2.35. The molecule has 20 heavy (non-hydrogen) atoms. The number of carbonyl (C=O) groups is 1. The van der Waals surface area contributed by atoms with Gasteiger partial charge < -0.3 is 15.8 Å². The lowest BCUT2D eigenvalue weighted by molar-refractivity contribution is 0.167. The average molecular weight is 293 g/mol. The minimum absolute atomic E-state index is 0.00369. The maximum Gasteiger partial charge on any atom is 0.281 e. The number of amides is 1.